The van der Waals surface area contributed by atoms with Crippen molar-refractivity contribution in [3.63, 3.8) is 0 Å². The highest BCUT2D eigenvalue weighted by Gasteiger charge is 2.25. The highest BCUT2D eigenvalue weighted by molar-refractivity contribution is 7.57. The highest BCUT2D eigenvalue weighted by atomic mass is 35.5. The minimum Gasteiger partial charge on any atom is -0.485 e. The molecule has 1 aromatic rings. The van der Waals surface area contributed by atoms with Gasteiger partial charge in [-0.1, -0.05) is 64.2 Å². The zero-order chi connectivity index (χ0) is 24.4. The fraction of sp³-hybridized carbons (Fsp3) is 0.600. The Morgan fingerprint density at radius 3 is 2.33 bits per heavy atom. The Kier molecular flexibility index (Phi) is 12.0. The Bertz CT molecular complexity index is 860. The van der Waals surface area contributed by atoms with Crippen LogP contribution in [0.4, 0.5) is 5.69 Å². The third-order valence-electron chi connectivity index (χ3n) is 6.02. The minimum atomic E-state index is -0.295. The molecule has 0 aliphatic heterocycles. The highest BCUT2D eigenvalue weighted by Crippen LogP contribution is 2.41. The zero-order valence-corrected chi connectivity index (χ0v) is 22.6. The van der Waals surface area contributed by atoms with E-state index in [1.807, 2.05) is 6.92 Å². The van der Waals surface area contributed by atoms with Crippen molar-refractivity contribution in [2.75, 3.05) is 24.7 Å². The second kappa shape index (κ2) is 14.2. The Morgan fingerprint density at radius 2 is 1.70 bits per heavy atom. The lowest BCUT2D eigenvalue weighted by atomic mass is 9.90. The second-order valence-electron chi connectivity index (χ2n) is 8.49. The number of ether oxygens (including phenoxy) is 1. The molecule has 1 aliphatic carbocycles. The van der Waals surface area contributed by atoms with Crippen LogP contribution >= 0.6 is 31.1 Å². The van der Waals surface area contributed by atoms with E-state index in [1.54, 1.807) is 12.1 Å². The van der Waals surface area contributed by atoms with Crippen LogP contribution in [0.1, 0.15) is 72.1 Å². The van der Waals surface area contributed by atoms with Gasteiger partial charge in [0.25, 0.3) is 5.91 Å². The summed E-state index contributed by atoms with van der Waals surface area (Å²) in [6, 6.07) is 3.26. The van der Waals surface area contributed by atoms with Crippen molar-refractivity contribution >= 4 is 48.6 Å². The number of carbonyl (C=O) groups excluding carboxylic acids is 2. The lowest BCUT2D eigenvalue weighted by molar-refractivity contribution is -0.119. The van der Waals surface area contributed by atoms with Gasteiger partial charge >= 0.3 is 0 Å². The van der Waals surface area contributed by atoms with Crippen LogP contribution < -0.4 is 15.4 Å². The molecular formula is C25H37Cl2N2O3P. The van der Waals surface area contributed by atoms with Gasteiger partial charge in [-0.2, -0.15) is 0 Å². The molecule has 8 heteroatoms. The van der Waals surface area contributed by atoms with Gasteiger partial charge in [0.05, 0.1) is 15.7 Å². The molecule has 1 aromatic carbocycles. The van der Waals surface area contributed by atoms with Gasteiger partial charge in [0, 0.05) is 23.8 Å². The lowest BCUT2D eigenvalue weighted by Gasteiger charge is -2.23. The molecule has 0 spiro atoms. The van der Waals surface area contributed by atoms with Gasteiger partial charge in [-0.15, -0.1) is 0 Å². The number of hydrogen-bond donors (Lipinski definition) is 2. The summed E-state index contributed by atoms with van der Waals surface area (Å²) in [5.41, 5.74) is 1.56. The molecule has 0 saturated heterocycles. The van der Waals surface area contributed by atoms with Gasteiger partial charge in [0.1, 0.15) is 11.6 Å². The Hall–Kier alpha value is -1.29. The number of hydrogen-bond acceptors (Lipinski definition) is 3. The van der Waals surface area contributed by atoms with Crippen molar-refractivity contribution in [1.29, 1.82) is 0 Å². The molecule has 2 unspecified atom stereocenters. The number of benzene rings is 1. The van der Waals surface area contributed by atoms with Crippen molar-refractivity contribution in [2.24, 2.45) is 0 Å². The number of amides is 2. The largest absolute Gasteiger partial charge is 0.485 e. The third kappa shape index (κ3) is 8.46. The van der Waals surface area contributed by atoms with Crippen molar-refractivity contribution in [2.45, 2.75) is 78.0 Å². The molecule has 0 radical (unpaired) electrons. The van der Waals surface area contributed by atoms with Crippen LogP contribution in [0.25, 0.3) is 0 Å². The van der Waals surface area contributed by atoms with Gasteiger partial charge in [-0.05, 0) is 57.9 Å². The Morgan fingerprint density at radius 1 is 1.03 bits per heavy atom. The molecule has 1 aliphatic rings. The van der Waals surface area contributed by atoms with Crippen molar-refractivity contribution < 1.29 is 14.3 Å². The Balaban J connectivity index is 2.15. The van der Waals surface area contributed by atoms with Crippen molar-refractivity contribution in [1.82, 2.24) is 5.32 Å². The number of nitrogens with one attached hydrogen (secondary N) is 2. The summed E-state index contributed by atoms with van der Waals surface area (Å²) in [6.45, 7) is 9.14. The predicted octanol–water partition coefficient (Wildman–Crippen LogP) is 7.36. The van der Waals surface area contributed by atoms with Gasteiger partial charge in [0.15, 0.2) is 0 Å². The van der Waals surface area contributed by atoms with Gasteiger partial charge < -0.3 is 15.4 Å². The van der Waals surface area contributed by atoms with E-state index in [9.17, 15) is 9.59 Å². The predicted molar refractivity (Wildman–Crippen MR) is 141 cm³/mol. The summed E-state index contributed by atoms with van der Waals surface area (Å²) in [4.78, 5) is 25.9. The third-order valence-corrected chi connectivity index (χ3v) is 8.97. The molecule has 0 saturated carbocycles. The number of anilines is 1. The maximum atomic E-state index is 13.1. The molecule has 2 atom stereocenters. The van der Waals surface area contributed by atoms with E-state index in [1.165, 1.54) is 0 Å². The lowest BCUT2D eigenvalue weighted by Crippen LogP contribution is -2.30. The monoisotopic (exact) mass is 514 g/mol. The molecule has 2 N–H and O–H groups in total. The smallest absolute Gasteiger partial charge is 0.252 e. The minimum absolute atomic E-state index is 0.0286. The number of carbonyl (C=O) groups is 2. The molecule has 0 fully saturated rings. The van der Waals surface area contributed by atoms with E-state index in [4.69, 9.17) is 27.9 Å². The first kappa shape index (κ1) is 28.0. The molecule has 0 aromatic heterocycles. The summed E-state index contributed by atoms with van der Waals surface area (Å²) in [5, 5.41) is 6.62. The average molecular weight is 515 g/mol. The van der Waals surface area contributed by atoms with E-state index in [-0.39, 0.29) is 25.6 Å². The SMILES string of the molecule is CCCCCCNC(=O)C1=C(C(=O)Nc2cc(OC(C)P(C)CC)c(Cl)cc2Cl)CCCC1. The van der Waals surface area contributed by atoms with Gasteiger partial charge in [-0.25, -0.2) is 0 Å². The average Bonchev–Trinajstić information content (AvgIpc) is 2.81. The molecule has 2 amide bonds. The summed E-state index contributed by atoms with van der Waals surface area (Å²) in [5.74, 6) is 0.0999. The molecule has 5 nitrogen and oxygen atoms in total. The first-order chi connectivity index (χ1) is 15.8. The normalized spacial score (nSPS) is 15.7. The van der Waals surface area contributed by atoms with Crippen molar-refractivity contribution in [3.05, 3.63) is 33.3 Å². The van der Waals surface area contributed by atoms with Gasteiger partial charge in [-0.3, -0.25) is 9.59 Å². The molecule has 184 valence electrons. The van der Waals surface area contributed by atoms with Gasteiger partial charge in [0.2, 0.25) is 5.91 Å². The standard InChI is InChI=1S/C25H37Cl2N2O3P/c1-5-7-8-11-14-28-24(30)18-12-9-10-13-19(18)25(31)29-22-16-23(21(27)15-20(22)26)32-17(3)33(4)6-2/h15-17H,5-14H2,1-4H3,(H,28,30)(H,29,31). The van der Waals surface area contributed by atoms with E-state index in [0.717, 1.165) is 44.7 Å². The maximum Gasteiger partial charge on any atom is 0.252 e. The van der Waals surface area contributed by atoms with E-state index < -0.39 is 0 Å². The zero-order valence-electron chi connectivity index (χ0n) is 20.2. The van der Waals surface area contributed by atoms with Crippen LogP contribution in [-0.2, 0) is 9.59 Å². The molecule has 2 rings (SSSR count). The molecular weight excluding hydrogens is 478 g/mol. The summed E-state index contributed by atoms with van der Waals surface area (Å²) >= 11 is 12.7. The van der Waals surface area contributed by atoms with Crippen LogP contribution in [0.5, 0.6) is 5.75 Å². The fourth-order valence-corrected chi connectivity index (χ4v) is 4.99. The number of unbranched alkanes of at least 4 members (excludes halogenated alkanes) is 3. The first-order valence-corrected chi connectivity index (χ1v) is 14.8. The van der Waals surface area contributed by atoms with Crippen LogP contribution in [0.2, 0.25) is 10.0 Å². The topological polar surface area (TPSA) is 67.4 Å². The summed E-state index contributed by atoms with van der Waals surface area (Å²) in [6.07, 6.45) is 8.39. The number of rotatable bonds is 12. The summed E-state index contributed by atoms with van der Waals surface area (Å²) in [7, 11) is -0.295. The van der Waals surface area contributed by atoms with E-state index in [2.05, 4.69) is 31.1 Å². The summed E-state index contributed by atoms with van der Waals surface area (Å²) < 4.78 is 6.06. The van der Waals surface area contributed by atoms with Crippen LogP contribution in [0.15, 0.2) is 23.3 Å². The first-order valence-electron chi connectivity index (χ1n) is 12.0. The Labute approximate surface area is 209 Å². The van der Waals surface area contributed by atoms with E-state index in [0.29, 0.717) is 52.0 Å². The van der Waals surface area contributed by atoms with Crippen molar-refractivity contribution in [3.8, 4) is 5.75 Å². The molecule has 33 heavy (non-hydrogen) atoms. The number of halogens is 2. The fourth-order valence-electron chi connectivity index (χ4n) is 3.71. The van der Waals surface area contributed by atoms with Crippen LogP contribution in [0, 0.1) is 0 Å². The quantitative estimate of drug-likeness (QED) is 0.226. The van der Waals surface area contributed by atoms with Crippen LogP contribution in [0.3, 0.4) is 0 Å². The maximum absolute atomic E-state index is 13.1. The molecule has 0 bridgehead atoms. The van der Waals surface area contributed by atoms with Crippen LogP contribution in [-0.4, -0.2) is 37.0 Å². The van der Waals surface area contributed by atoms with E-state index >= 15 is 0 Å². The molecule has 0 heterocycles. The second-order valence-corrected chi connectivity index (χ2v) is 12.2.